The van der Waals surface area contributed by atoms with Gasteiger partial charge in [-0.05, 0) is 29.7 Å². The number of amides is 2. The standard InChI is InChI=1S/C25H16Cl2F5NO4/c1-3-12-8-9-24(26)22(35)33(21-19(31)17(29)16(28)18(30)20(21)32)23(36)25(24,27)13(12)6-4-11-5-7-14(34)15(10-11)37-2/h3-8,10,13,34H,1,9H2,2H3/t13-,24+,25-/m0/s1. The first kappa shape index (κ1) is 26.7. The molecule has 0 radical (unpaired) electrons. The van der Waals surface area contributed by atoms with Crippen molar-refractivity contribution < 1.29 is 41.4 Å². The number of methoxy groups -OCH3 is 1. The van der Waals surface area contributed by atoms with Gasteiger partial charge in [-0.15, -0.1) is 23.2 Å². The lowest BCUT2D eigenvalue weighted by atomic mass is 9.71. The Labute approximate surface area is 217 Å². The van der Waals surface area contributed by atoms with Gasteiger partial charge in [-0.25, -0.2) is 26.9 Å². The van der Waals surface area contributed by atoms with E-state index in [-0.39, 0.29) is 16.4 Å². The van der Waals surface area contributed by atoms with Crippen molar-refractivity contribution in [3.05, 3.63) is 83.2 Å². The zero-order valence-corrected chi connectivity index (χ0v) is 20.3. The normalized spacial score (nSPS) is 25.5. The number of allylic oxidation sites excluding steroid dienone is 4. The minimum Gasteiger partial charge on any atom is -0.504 e. The molecule has 1 saturated heterocycles. The Morgan fingerprint density at radius 2 is 1.65 bits per heavy atom. The average Bonchev–Trinajstić information content (AvgIpc) is 3.03. The number of hydrogen-bond acceptors (Lipinski definition) is 4. The largest absolute Gasteiger partial charge is 0.504 e. The molecule has 0 unspecified atom stereocenters. The highest BCUT2D eigenvalue weighted by molar-refractivity contribution is 6.58. The molecule has 2 aromatic rings. The number of phenols is 1. The summed E-state index contributed by atoms with van der Waals surface area (Å²) in [5.74, 6) is -16.1. The minimum absolute atomic E-state index is 0.127. The Morgan fingerprint density at radius 3 is 2.22 bits per heavy atom. The molecule has 1 fully saturated rings. The molecule has 3 atom stereocenters. The maximum Gasteiger partial charge on any atom is 0.258 e. The van der Waals surface area contributed by atoms with Crippen LogP contribution in [0.1, 0.15) is 12.0 Å². The average molecular weight is 560 g/mol. The van der Waals surface area contributed by atoms with Crippen LogP contribution in [0.4, 0.5) is 27.6 Å². The minimum atomic E-state index is -2.46. The number of ether oxygens (including phenoxy) is 1. The molecule has 4 rings (SSSR count). The molecule has 37 heavy (non-hydrogen) atoms. The first-order valence-corrected chi connectivity index (χ1v) is 11.3. The highest BCUT2D eigenvalue weighted by Gasteiger charge is 2.73. The van der Waals surface area contributed by atoms with Gasteiger partial charge in [0.25, 0.3) is 11.8 Å². The van der Waals surface area contributed by atoms with Crippen LogP contribution in [0.3, 0.4) is 0 Å². The Kier molecular flexibility index (Phi) is 6.62. The molecule has 0 saturated carbocycles. The summed E-state index contributed by atoms with van der Waals surface area (Å²) in [6.45, 7) is 3.65. The molecule has 1 aliphatic heterocycles. The number of aromatic hydroxyl groups is 1. The van der Waals surface area contributed by atoms with E-state index in [1.807, 2.05) is 0 Å². The fourth-order valence-electron chi connectivity index (χ4n) is 4.44. The van der Waals surface area contributed by atoms with Gasteiger partial charge >= 0.3 is 0 Å². The maximum absolute atomic E-state index is 14.6. The summed E-state index contributed by atoms with van der Waals surface area (Å²) < 4.78 is 75.7. The number of halogens is 7. The molecule has 0 spiro atoms. The van der Waals surface area contributed by atoms with Crippen LogP contribution in [-0.4, -0.2) is 33.8 Å². The number of carbonyl (C=O) groups is 2. The Bertz CT molecular complexity index is 1400. The van der Waals surface area contributed by atoms with Crippen LogP contribution in [0.2, 0.25) is 0 Å². The second-order valence-corrected chi connectivity index (χ2v) is 9.50. The Morgan fingerprint density at radius 1 is 1.05 bits per heavy atom. The molecule has 1 aliphatic carbocycles. The molecule has 5 nitrogen and oxygen atoms in total. The van der Waals surface area contributed by atoms with E-state index in [0.29, 0.717) is 11.1 Å². The van der Waals surface area contributed by atoms with E-state index >= 15 is 0 Å². The van der Waals surface area contributed by atoms with E-state index in [1.165, 1.54) is 49.6 Å². The predicted molar refractivity (Wildman–Crippen MR) is 126 cm³/mol. The van der Waals surface area contributed by atoms with E-state index in [9.17, 15) is 36.6 Å². The second kappa shape index (κ2) is 9.18. The van der Waals surface area contributed by atoms with Crippen LogP contribution < -0.4 is 9.64 Å². The number of hydrogen-bond donors (Lipinski definition) is 1. The quantitative estimate of drug-likeness (QED) is 0.166. The fourth-order valence-corrected chi connectivity index (χ4v) is 5.24. The van der Waals surface area contributed by atoms with Gasteiger partial charge < -0.3 is 9.84 Å². The number of alkyl halides is 2. The van der Waals surface area contributed by atoms with E-state index in [2.05, 4.69) is 6.58 Å². The molecule has 1 heterocycles. The fraction of sp³-hybridized carbons (Fsp3) is 0.200. The first-order chi connectivity index (χ1) is 17.3. The summed E-state index contributed by atoms with van der Waals surface area (Å²) in [6.07, 6.45) is 5.17. The van der Waals surface area contributed by atoms with E-state index < -0.39 is 68.7 Å². The molecular formula is C25H16Cl2F5NO4. The monoisotopic (exact) mass is 559 g/mol. The van der Waals surface area contributed by atoms with Gasteiger partial charge in [0.2, 0.25) is 5.82 Å². The summed E-state index contributed by atoms with van der Waals surface area (Å²) in [5, 5.41) is 9.80. The maximum atomic E-state index is 14.6. The second-order valence-electron chi connectivity index (χ2n) is 8.26. The molecular weight excluding hydrogens is 544 g/mol. The van der Waals surface area contributed by atoms with Crippen LogP contribution >= 0.6 is 23.2 Å². The zero-order valence-electron chi connectivity index (χ0n) is 18.8. The van der Waals surface area contributed by atoms with Gasteiger partial charge in [0, 0.05) is 5.92 Å². The zero-order chi connectivity index (χ0) is 27.4. The van der Waals surface area contributed by atoms with Crippen molar-refractivity contribution >= 4 is 46.8 Å². The molecule has 0 aromatic heterocycles. The van der Waals surface area contributed by atoms with Crippen LogP contribution in [0.15, 0.2) is 48.6 Å². The third-order valence-electron chi connectivity index (χ3n) is 6.37. The molecule has 0 bridgehead atoms. The van der Waals surface area contributed by atoms with Crippen molar-refractivity contribution in [3.63, 3.8) is 0 Å². The van der Waals surface area contributed by atoms with E-state index in [1.54, 1.807) is 0 Å². The summed E-state index contributed by atoms with van der Waals surface area (Å²) in [5.41, 5.74) is -1.00. The lowest BCUT2D eigenvalue weighted by Crippen LogP contribution is -2.55. The molecule has 2 aromatic carbocycles. The summed E-state index contributed by atoms with van der Waals surface area (Å²) in [4.78, 5) is 21.9. The van der Waals surface area contributed by atoms with Gasteiger partial charge in [-0.2, -0.15) is 0 Å². The van der Waals surface area contributed by atoms with Crippen molar-refractivity contribution in [2.45, 2.75) is 16.2 Å². The summed E-state index contributed by atoms with van der Waals surface area (Å²) in [6, 6.07) is 4.27. The van der Waals surface area contributed by atoms with E-state index in [4.69, 9.17) is 27.9 Å². The lowest BCUT2D eigenvalue weighted by Gasteiger charge is -2.40. The summed E-state index contributed by atoms with van der Waals surface area (Å²) in [7, 11) is 1.33. The highest BCUT2D eigenvalue weighted by Crippen LogP contribution is 2.57. The first-order valence-electron chi connectivity index (χ1n) is 10.5. The molecule has 1 N–H and O–H groups in total. The van der Waals surface area contributed by atoms with Gasteiger partial charge in [-0.1, -0.05) is 36.9 Å². The third-order valence-corrected chi connectivity index (χ3v) is 7.80. The van der Waals surface area contributed by atoms with Crippen molar-refractivity contribution in [3.8, 4) is 11.5 Å². The third kappa shape index (κ3) is 3.65. The predicted octanol–water partition coefficient (Wildman–Crippen LogP) is 5.77. The lowest BCUT2D eigenvalue weighted by molar-refractivity contribution is -0.122. The molecule has 12 heteroatoms. The van der Waals surface area contributed by atoms with E-state index in [0.717, 1.165) is 0 Å². The molecule has 194 valence electrons. The Balaban J connectivity index is 1.88. The van der Waals surface area contributed by atoms with Crippen LogP contribution in [0.25, 0.3) is 6.08 Å². The number of carbonyl (C=O) groups excluding carboxylic acids is 2. The molecule has 2 aliphatic rings. The van der Waals surface area contributed by atoms with Crippen LogP contribution in [-0.2, 0) is 9.59 Å². The smallest absolute Gasteiger partial charge is 0.258 e. The van der Waals surface area contributed by atoms with Gasteiger partial charge in [0.1, 0.15) is 5.69 Å². The summed E-state index contributed by atoms with van der Waals surface area (Å²) >= 11 is 13.3. The topological polar surface area (TPSA) is 66.8 Å². The highest BCUT2D eigenvalue weighted by atomic mass is 35.5. The number of fused-ring (bicyclic) bond motifs is 1. The van der Waals surface area contributed by atoms with Crippen molar-refractivity contribution in [2.75, 3.05) is 12.0 Å². The Hall–Kier alpha value is -3.37. The molecule has 2 amide bonds. The number of benzene rings is 2. The number of nitrogens with zero attached hydrogens (tertiary/aromatic N) is 1. The van der Waals surface area contributed by atoms with Crippen LogP contribution in [0.5, 0.6) is 11.5 Å². The van der Waals surface area contributed by atoms with Gasteiger partial charge in [-0.3, -0.25) is 9.59 Å². The number of imide groups is 1. The number of rotatable bonds is 5. The van der Waals surface area contributed by atoms with Crippen molar-refractivity contribution in [2.24, 2.45) is 5.92 Å². The van der Waals surface area contributed by atoms with Gasteiger partial charge in [0.15, 0.2) is 44.5 Å². The number of anilines is 1. The SMILES string of the molecule is C=CC1=CC[C@@]2(Cl)C(=O)N(c3c(F)c(F)c(F)c(F)c3F)C(=O)[C@@]2(Cl)[C@H]1C=Cc1ccc(O)c(OC)c1. The number of phenolic OH excluding ortho intramolecular Hbond substituents is 1. The van der Waals surface area contributed by atoms with Crippen molar-refractivity contribution in [1.82, 2.24) is 0 Å². The van der Waals surface area contributed by atoms with Gasteiger partial charge in [0.05, 0.1) is 7.11 Å². The van der Waals surface area contributed by atoms with Crippen molar-refractivity contribution in [1.29, 1.82) is 0 Å². The van der Waals surface area contributed by atoms with Crippen LogP contribution in [0, 0.1) is 35.0 Å².